The first-order chi connectivity index (χ1) is 23.5. The number of fused-ring (bicyclic) bond motifs is 3. The molecule has 0 nitrogen and oxygen atoms in total. The quantitative estimate of drug-likeness (QED) is 0.101. The molecular weight excluding hydrogens is 577 g/mol. The van der Waals surface area contributed by atoms with Crippen molar-refractivity contribution in [3.63, 3.8) is 0 Å². The molecule has 0 fully saturated rings. The van der Waals surface area contributed by atoms with Crippen LogP contribution in [-0.4, -0.2) is 0 Å². The van der Waals surface area contributed by atoms with Crippen LogP contribution in [0.2, 0.25) is 0 Å². The topological polar surface area (TPSA) is 0 Å². The fourth-order valence-corrected chi connectivity index (χ4v) is 7.19. The molecule has 0 bridgehead atoms. The summed E-state index contributed by atoms with van der Waals surface area (Å²) in [4.78, 5) is 0. The van der Waals surface area contributed by atoms with Gasteiger partial charge in [0.05, 0.1) is 0 Å². The van der Waals surface area contributed by atoms with Gasteiger partial charge in [-0.2, -0.15) is 0 Å². The molecule has 0 unspecified atom stereocenters. The third-order valence-corrected chi connectivity index (χ3v) is 10.3. The molecule has 3 aromatic carbocycles. The van der Waals surface area contributed by atoms with Gasteiger partial charge in [-0.3, -0.25) is 0 Å². The lowest BCUT2D eigenvalue weighted by Crippen LogP contribution is -2.00. The molecule has 0 amide bonds. The Morgan fingerprint density at radius 2 is 0.396 bits per heavy atom. The van der Waals surface area contributed by atoms with Crippen molar-refractivity contribution in [2.75, 3.05) is 0 Å². The zero-order valence-electron chi connectivity index (χ0n) is 31.7. The van der Waals surface area contributed by atoms with Crippen LogP contribution < -0.4 is 0 Å². The van der Waals surface area contributed by atoms with E-state index in [2.05, 4.69) is 114 Å². The Labute approximate surface area is 295 Å². The van der Waals surface area contributed by atoms with Crippen LogP contribution in [0.4, 0.5) is 0 Å². The minimum atomic E-state index is 1.17. The standard InChI is InChI=1S/C48H66/c1-7-13-19-37-31-43-25-26-45-33-39(21-15-9-3)41(23-17-11-5)35-47(45)29-30-48-36-42(24-18-12-6)40(22-16-10-4)34-46(48)28-27-44(43)32-38(37)20-14-8-2/h25-36H,7-24H2,1-6H3/b26-25-,28-27-,30-29-,43-25?,44-27?,45-26?,46-28?,47-29?,48-30?. The van der Waals surface area contributed by atoms with Crippen molar-refractivity contribution in [3.05, 3.63) is 103 Å². The monoisotopic (exact) mass is 643 g/mol. The Bertz CT molecular complexity index is 1230. The van der Waals surface area contributed by atoms with E-state index in [1.54, 1.807) is 33.4 Å². The van der Waals surface area contributed by atoms with Crippen molar-refractivity contribution in [2.24, 2.45) is 0 Å². The molecular formula is C48H66. The summed E-state index contributed by atoms with van der Waals surface area (Å²) < 4.78 is 0. The van der Waals surface area contributed by atoms with Gasteiger partial charge in [-0.1, -0.05) is 153 Å². The average Bonchev–Trinajstić information content (AvgIpc) is 3.10. The van der Waals surface area contributed by atoms with Crippen LogP contribution in [0.1, 0.15) is 185 Å². The molecule has 0 saturated carbocycles. The van der Waals surface area contributed by atoms with Gasteiger partial charge in [0.25, 0.3) is 0 Å². The van der Waals surface area contributed by atoms with Gasteiger partial charge in [0.2, 0.25) is 0 Å². The van der Waals surface area contributed by atoms with Crippen molar-refractivity contribution in [3.8, 4) is 0 Å². The first-order valence-electron chi connectivity index (χ1n) is 20.1. The number of hydrogen-bond donors (Lipinski definition) is 0. The molecule has 0 spiro atoms. The van der Waals surface area contributed by atoms with E-state index < -0.39 is 0 Å². The summed E-state index contributed by atoms with van der Waals surface area (Å²) in [6.45, 7) is 13.9. The highest BCUT2D eigenvalue weighted by atomic mass is 14.2. The van der Waals surface area contributed by atoms with Gasteiger partial charge in [0, 0.05) is 0 Å². The van der Waals surface area contributed by atoms with Crippen molar-refractivity contribution in [2.45, 2.75) is 157 Å². The van der Waals surface area contributed by atoms with E-state index in [1.165, 1.54) is 149 Å². The van der Waals surface area contributed by atoms with Crippen LogP contribution in [0.15, 0.2) is 36.4 Å². The van der Waals surface area contributed by atoms with Gasteiger partial charge in [-0.15, -0.1) is 0 Å². The highest BCUT2D eigenvalue weighted by molar-refractivity contribution is 5.87. The van der Waals surface area contributed by atoms with Gasteiger partial charge >= 0.3 is 0 Å². The Morgan fingerprint density at radius 1 is 0.250 bits per heavy atom. The van der Waals surface area contributed by atoms with E-state index in [0.717, 1.165) is 0 Å². The molecule has 1 aliphatic carbocycles. The molecule has 1 aliphatic rings. The van der Waals surface area contributed by atoms with Crippen molar-refractivity contribution < 1.29 is 0 Å². The first kappa shape index (κ1) is 37.7. The molecule has 0 radical (unpaired) electrons. The Morgan fingerprint density at radius 3 is 0.521 bits per heavy atom. The molecule has 0 heterocycles. The molecule has 0 N–H and O–H groups in total. The zero-order chi connectivity index (χ0) is 34.1. The van der Waals surface area contributed by atoms with Gasteiger partial charge in [-0.25, -0.2) is 0 Å². The van der Waals surface area contributed by atoms with Crippen molar-refractivity contribution >= 4 is 36.5 Å². The third-order valence-electron chi connectivity index (χ3n) is 10.3. The lowest BCUT2D eigenvalue weighted by atomic mass is 9.88. The fraction of sp³-hybridized carbons (Fsp3) is 0.500. The van der Waals surface area contributed by atoms with E-state index in [-0.39, 0.29) is 0 Å². The number of rotatable bonds is 18. The molecule has 258 valence electrons. The Hall–Kier alpha value is -3.12. The highest BCUT2D eigenvalue weighted by Gasteiger charge is 2.13. The van der Waals surface area contributed by atoms with Gasteiger partial charge in [0.15, 0.2) is 0 Å². The second kappa shape index (κ2) is 20.4. The van der Waals surface area contributed by atoms with Crippen molar-refractivity contribution in [1.82, 2.24) is 0 Å². The molecule has 0 saturated heterocycles. The summed E-state index contributed by atoms with van der Waals surface area (Å²) in [6, 6.07) is 15.2. The summed E-state index contributed by atoms with van der Waals surface area (Å²) in [5, 5.41) is 0. The number of aryl methyl sites for hydroxylation is 6. The number of unbranched alkanes of at least 4 members (excludes halogenated alkanes) is 6. The Balaban J connectivity index is 1.98. The molecule has 48 heavy (non-hydrogen) atoms. The third kappa shape index (κ3) is 10.7. The average molecular weight is 643 g/mol. The van der Waals surface area contributed by atoms with Crippen LogP contribution in [0.5, 0.6) is 0 Å². The van der Waals surface area contributed by atoms with E-state index in [1.807, 2.05) is 0 Å². The smallest absolute Gasteiger partial charge is 0.0181 e. The lowest BCUT2D eigenvalue weighted by Gasteiger charge is -2.17. The first-order valence-corrected chi connectivity index (χ1v) is 20.1. The SMILES string of the molecule is CCCCc1cc2c(cc1CCCC)/C=C\c1cc(CCCC)c(CCCC)cc1/C=C\c1cc(CCCC)c(CCCC)cc1/C=C\2. The van der Waals surface area contributed by atoms with Crippen LogP contribution in [0.25, 0.3) is 36.5 Å². The molecule has 4 rings (SSSR count). The summed E-state index contributed by atoms with van der Waals surface area (Å²) in [7, 11) is 0. The van der Waals surface area contributed by atoms with Gasteiger partial charge < -0.3 is 0 Å². The number of hydrogen-bond acceptors (Lipinski definition) is 0. The van der Waals surface area contributed by atoms with Gasteiger partial charge in [0.1, 0.15) is 0 Å². The minimum Gasteiger partial charge on any atom is -0.0654 e. The highest BCUT2D eigenvalue weighted by Crippen LogP contribution is 2.31. The number of benzene rings is 3. The van der Waals surface area contributed by atoms with E-state index in [0.29, 0.717) is 0 Å². The van der Waals surface area contributed by atoms with Crippen LogP contribution in [0, 0.1) is 0 Å². The summed E-state index contributed by atoms with van der Waals surface area (Å²) in [5.74, 6) is 0. The maximum absolute atomic E-state index is 2.53. The minimum absolute atomic E-state index is 1.17. The predicted octanol–water partition coefficient (Wildman–Crippen LogP) is 14.6. The normalized spacial score (nSPS) is 14.4. The maximum Gasteiger partial charge on any atom is -0.0181 e. The molecule has 0 aliphatic heterocycles. The second-order valence-electron chi connectivity index (χ2n) is 14.4. The predicted molar refractivity (Wildman–Crippen MR) is 218 cm³/mol. The largest absolute Gasteiger partial charge is 0.0654 e. The Kier molecular flexibility index (Phi) is 16.0. The summed E-state index contributed by atoms with van der Waals surface area (Å²) in [6.07, 6.45) is 36.5. The molecule has 3 aromatic rings. The van der Waals surface area contributed by atoms with Crippen molar-refractivity contribution in [1.29, 1.82) is 0 Å². The second-order valence-corrected chi connectivity index (χ2v) is 14.4. The molecule has 0 atom stereocenters. The molecule has 0 aromatic heterocycles. The van der Waals surface area contributed by atoms with E-state index >= 15 is 0 Å². The summed E-state index contributed by atoms with van der Waals surface area (Å²) in [5.41, 5.74) is 17.4. The van der Waals surface area contributed by atoms with E-state index in [4.69, 9.17) is 0 Å². The lowest BCUT2D eigenvalue weighted by molar-refractivity contribution is 0.757. The van der Waals surface area contributed by atoms with Crippen LogP contribution in [0.3, 0.4) is 0 Å². The van der Waals surface area contributed by atoms with Gasteiger partial charge in [-0.05, 0) is 144 Å². The maximum atomic E-state index is 2.53. The zero-order valence-corrected chi connectivity index (χ0v) is 31.7. The fourth-order valence-electron chi connectivity index (χ4n) is 7.19. The van der Waals surface area contributed by atoms with E-state index in [9.17, 15) is 0 Å². The van der Waals surface area contributed by atoms with Crippen LogP contribution >= 0.6 is 0 Å². The molecule has 0 heteroatoms. The summed E-state index contributed by atoms with van der Waals surface area (Å²) >= 11 is 0. The van der Waals surface area contributed by atoms with Crippen LogP contribution in [-0.2, 0) is 38.5 Å².